The van der Waals surface area contributed by atoms with E-state index >= 15 is 0 Å². The molecule has 0 radical (unpaired) electrons. The summed E-state index contributed by atoms with van der Waals surface area (Å²) in [5.74, 6) is 1.22. The van der Waals surface area contributed by atoms with Crippen LogP contribution in [-0.4, -0.2) is 31.0 Å². The van der Waals surface area contributed by atoms with E-state index in [9.17, 15) is 9.18 Å². The molecule has 31 heavy (non-hydrogen) atoms. The van der Waals surface area contributed by atoms with Gasteiger partial charge in [-0.1, -0.05) is 26.0 Å². The Morgan fingerprint density at radius 3 is 2.35 bits per heavy atom. The highest BCUT2D eigenvalue weighted by atomic mass is 19.1. The summed E-state index contributed by atoms with van der Waals surface area (Å²) in [6, 6.07) is 10.9. The van der Waals surface area contributed by atoms with Gasteiger partial charge in [0.25, 0.3) is 0 Å². The third-order valence-electron chi connectivity index (χ3n) is 6.34. The Kier molecular flexibility index (Phi) is 7.71. The molecule has 1 N–H and O–H groups in total. The van der Waals surface area contributed by atoms with Crippen LogP contribution in [0.5, 0.6) is 5.75 Å². The summed E-state index contributed by atoms with van der Waals surface area (Å²) in [6.45, 7) is 11.0. The van der Waals surface area contributed by atoms with Gasteiger partial charge >= 0.3 is 0 Å². The van der Waals surface area contributed by atoms with Crippen LogP contribution in [-0.2, 0) is 11.3 Å². The van der Waals surface area contributed by atoms with Crippen molar-refractivity contribution in [2.24, 2.45) is 5.92 Å². The van der Waals surface area contributed by atoms with Crippen molar-refractivity contribution >= 4 is 5.91 Å². The lowest BCUT2D eigenvalue weighted by molar-refractivity contribution is -0.127. The first-order valence-electron chi connectivity index (χ1n) is 11.2. The molecule has 1 unspecified atom stereocenters. The fraction of sp³-hybridized carbons (Fsp3) is 0.500. The van der Waals surface area contributed by atoms with Crippen LogP contribution < -0.4 is 10.1 Å². The number of halogens is 1. The summed E-state index contributed by atoms with van der Waals surface area (Å²) in [4.78, 5) is 15.3. The van der Waals surface area contributed by atoms with Gasteiger partial charge in [0.15, 0.2) is 0 Å². The normalized spacial score (nSPS) is 16.4. The lowest BCUT2D eigenvalue weighted by Crippen LogP contribution is -2.41. The number of rotatable bonds is 7. The summed E-state index contributed by atoms with van der Waals surface area (Å²) >= 11 is 0. The molecule has 0 aliphatic carbocycles. The Morgan fingerprint density at radius 2 is 1.77 bits per heavy atom. The molecule has 0 aromatic heterocycles. The number of likely N-dealkylation sites (tertiary alicyclic amines) is 1. The highest BCUT2D eigenvalue weighted by Crippen LogP contribution is 2.32. The first kappa shape index (κ1) is 23.3. The van der Waals surface area contributed by atoms with Crippen LogP contribution in [0.1, 0.15) is 67.8 Å². The smallest absolute Gasteiger partial charge is 0.223 e. The Morgan fingerprint density at radius 1 is 1.13 bits per heavy atom. The van der Waals surface area contributed by atoms with Crippen molar-refractivity contribution in [2.75, 3.05) is 20.2 Å². The number of carbonyl (C=O) groups excluding carboxylic acids is 1. The monoisotopic (exact) mass is 426 g/mol. The van der Waals surface area contributed by atoms with Crippen molar-refractivity contribution in [1.82, 2.24) is 10.2 Å². The topological polar surface area (TPSA) is 41.6 Å². The zero-order valence-electron chi connectivity index (χ0n) is 19.4. The Bertz CT molecular complexity index is 887. The number of piperidine rings is 1. The summed E-state index contributed by atoms with van der Waals surface area (Å²) in [5, 5.41) is 3.24. The number of carbonyl (C=O) groups is 1. The molecular weight excluding hydrogens is 391 g/mol. The minimum absolute atomic E-state index is 0.0371. The molecule has 0 spiro atoms. The Hall–Kier alpha value is -2.40. The standard InChI is InChI=1S/C26H35FN2O2/c1-17(2)23-15-24(18(3)14-25(23)31-5)19(4)28-26(30)21-10-12-29(13-11-21)16-20-6-8-22(27)9-7-20/h6-9,14-15,17,19,21H,10-13,16H2,1-5H3,(H,28,30). The number of amides is 1. The summed E-state index contributed by atoms with van der Waals surface area (Å²) in [6.07, 6.45) is 1.69. The number of nitrogens with zero attached hydrogens (tertiary/aromatic N) is 1. The Balaban J connectivity index is 1.57. The molecule has 5 heteroatoms. The van der Waals surface area contributed by atoms with Crippen molar-refractivity contribution in [2.45, 2.75) is 59.0 Å². The number of hydrogen-bond acceptors (Lipinski definition) is 3. The zero-order chi connectivity index (χ0) is 22.5. The number of benzene rings is 2. The third kappa shape index (κ3) is 5.85. The van der Waals surface area contributed by atoms with Crippen LogP contribution in [0.15, 0.2) is 36.4 Å². The van der Waals surface area contributed by atoms with Crippen LogP contribution in [0.25, 0.3) is 0 Å². The fourth-order valence-electron chi connectivity index (χ4n) is 4.42. The van der Waals surface area contributed by atoms with Crippen molar-refractivity contribution < 1.29 is 13.9 Å². The second-order valence-electron chi connectivity index (χ2n) is 9.01. The molecule has 2 aromatic rings. The molecule has 2 aromatic carbocycles. The van der Waals surface area contributed by atoms with Crippen molar-refractivity contribution in [3.63, 3.8) is 0 Å². The highest BCUT2D eigenvalue weighted by molar-refractivity contribution is 5.79. The van der Waals surface area contributed by atoms with Gasteiger partial charge in [0.2, 0.25) is 5.91 Å². The largest absolute Gasteiger partial charge is 0.496 e. The molecule has 1 aliphatic heterocycles. The van der Waals surface area contributed by atoms with Crippen LogP contribution in [0, 0.1) is 18.7 Å². The molecule has 1 heterocycles. The molecule has 1 saturated heterocycles. The van der Waals surface area contributed by atoms with E-state index in [2.05, 4.69) is 50.0 Å². The van der Waals surface area contributed by atoms with Crippen LogP contribution in [0.2, 0.25) is 0 Å². The second-order valence-corrected chi connectivity index (χ2v) is 9.01. The molecule has 3 rings (SSSR count). The van der Waals surface area contributed by atoms with Crippen LogP contribution >= 0.6 is 0 Å². The summed E-state index contributed by atoms with van der Waals surface area (Å²) < 4.78 is 18.6. The maximum absolute atomic E-state index is 13.1. The molecule has 1 fully saturated rings. The third-order valence-corrected chi connectivity index (χ3v) is 6.34. The van der Waals surface area contributed by atoms with E-state index in [1.807, 2.05) is 12.1 Å². The van der Waals surface area contributed by atoms with Crippen LogP contribution in [0.4, 0.5) is 4.39 Å². The average Bonchev–Trinajstić information content (AvgIpc) is 2.75. The molecule has 1 aliphatic rings. The molecule has 1 atom stereocenters. The number of ether oxygens (including phenoxy) is 1. The van der Waals surface area contributed by atoms with Gasteiger partial charge in [0, 0.05) is 12.5 Å². The van der Waals surface area contributed by atoms with Gasteiger partial charge < -0.3 is 10.1 Å². The van der Waals surface area contributed by atoms with Gasteiger partial charge in [-0.05, 0) is 92.2 Å². The molecule has 1 amide bonds. The van der Waals surface area contributed by atoms with E-state index < -0.39 is 0 Å². The predicted octanol–water partition coefficient (Wildman–Crippen LogP) is 5.36. The quantitative estimate of drug-likeness (QED) is 0.648. The molecule has 4 nitrogen and oxygen atoms in total. The van der Waals surface area contributed by atoms with Gasteiger partial charge in [-0.3, -0.25) is 9.69 Å². The number of nitrogens with one attached hydrogen (secondary N) is 1. The summed E-state index contributed by atoms with van der Waals surface area (Å²) in [5.41, 5.74) is 4.54. The minimum Gasteiger partial charge on any atom is -0.496 e. The van der Waals surface area contributed by atoms with E-state index in [4.69, 9.17) is 4.74 Å². The number of hydrogen-bond donors (Lipinski definition) is 1. The molecule has 168 valence electrons. The van der Waals surface area contributed by atoms with E-state index in [1.165, 1.54) is 17.7 Å². The predicted molar refractivity (Wildman–Crippen MR) is 123 cm³/mol. The van der Waals surface area contributed by atoms with E-state index in [1.54, 1.807) is 7.11 Å². The van der Waals surface area contributed by atoms with E-state index in [-0.39, 0.29) is 23.7 Å². The molecule has 0 saturated carbocycles. The maximum atomic E-state index is 13.1. The SMILES string of the molecule is COc1cc(C)c(C(C)NC(=O)C2CCN(Cc3ccc(F)cc3)CC2)cc1C(C)C. The van der Waals surface area contributed by atoms with Crippen molar-refractivity contribution in [1.29, 1.82) is 0 Å². The van der Waals surface area contributed by atoms with E-state index in [0.29, 0.717) is 5.92 Å². The lowest BCUT2D eigenvalue weighted by atomic mass is 9.92. The highest BCUT2D eigenvalue weighted by Gasteiger charge is 2.26. The number of methoxy groups -OCH3 is 1. The Labute approximate surface area is 185 Å². The van der Waals surface area contributed by atoms with Gasteiger partial charge in [-0.15, -0.1) is 0 Å². The fourth-order valence-corrected chi connectivity index (χ4v) is 4.42. The van der Waals surface area contributed by atoms with Gasteiger partial charge in [-0.25, -0.2) is 4.39 Å². The van der Waals surface area contributed by atoms with Gasteiger partial charge in [0.1, 0.15) is 11.6 Å². The zero-order valence-corrected chi connectivity index (χ0v) is 19.4. The molecule has 0 bridgehead atoms. The van der Waals surface area contributed by atoms with E-state index in [0.717, 1.165) is 54.9 Å². The number of aryl methyl sites for hydroxylation is 1. The van der Waals surface area contributed by atoms with Gasteiger partial charge in [0.05, 0.1) is 13.2 Å². The van der Waals surface area contributed by atoms with Crippen LogP contribution in [0.3, 0.4) is 0 Å². The first-order chi connectivity index (χ1) is 14.8. The lowest BCUT2D eigenvalue weighted by Gasteiger charge is -2.32. The van der Waals surface area contributed by atoms with Crippen molar-refractivity contribution in [3.8, 4) is 5.75 Å². The first-order valence-corrected chi connectivity index (χ1v) is 11.2. The second kappa shape index (κ2) is 10.3. The summed E-state index contributed by atoms with van der Waals surface area (Å²) in [7, 11) is 1.70. The van der Waals surface area contributed by atoms with Gasteiger partial charge in [-0.2, -0.15) is 0 Å². The van der Waals surface area contributed by atoms with Crippen molar-refractivity contribution in [3.05, 3.63) is 64.5 Å². The molecular formula is C26H35FN2O2. The maximum Gasteiger partial charge on any atom is 0.223 e. The minimum atomic E-state index is -0.208. The average molecular weight is 427 g/mol.